The Balaban J connectivity index is 1.97. The summed E-state index contributed by atoms with van der Waals surface area (Å²) in [6.45, 7) is 4.03. The van der Waals surface area contributed by atoms with Crippen LogP contribution in [0, 0.1) is 16.7 Å². The molecule has 2 aromatic rings. The van der Waals surface area contributed by atoms with Crippen LogP contribution in [0.5, 0.6) is 0 Å². The van der Waals surface area contributed by atoms with Crippen molar-refractivity contribution in [1.29, 1.82) is 5.26 Å². The Labute approximate surface area is 185 Å². The fourth-order valence-electron chi connectivity index (χ4n) is 4.51. The first-order valence-electron chi connectivity index (χ1n) is 9.76. The third kappa shape index (κ3) is 3.43. The fraction of sp³-hybridized carbons (Fsp3) is 0.292. The lowest BCUT2D eigenvalue weighted by Gasteiger charge is -2.43. The number of amides is 1. The number of nitriles is 1. The summed E-state index contributed by atoms with van der Waals surface area (Å²) in [6.07, 6.45) is 1.03. The van der Waals surface area contributed by atoms with Crippen molar-refractivity contribution in [3.05, 3.63) is 74.9 Å². The predicted molar refractivity (Wildman–Crippen MR) is 118 cm³/mol. The average Bonchev–Trinajstić information content (AvgIpc) is 2.68. The highest BCUT2D eigenvalue weighted by molar-refractivity contribution is 6.42. The number of carbonyl (C=O) groups is 2. The molecular weight excluding hydrogens is 419 g/mol. The van der Waals surface area contributed by atoms with Gasteiger partial charge < -0.3 is 0 Å². The van der Waals surface area contributed by atoms with E-state index in [1.54, 1.807) is 41.3 Å². The molecule has 0 radical (unpaired) electrons. The molecule has 0 saturated carbocycles. The number of benzene rings is 2. The SMILES string of the molecule is CC1(C)CC(=O)C2=C(C1)N(c1ccccc1C#N)C(=O)CC2c1cccc(Cl)c1Cl. The maximum absolute atomic E-state index is 13.4. The Morgan fingerprint density at radius 2 is 1.80 bits per heavy atom. The zero-order valence-corrected chi connectivity index (χ0v) is 18.2. The summed E-state index contributed by atoms with van der Waals surface area (Å²) in [5.74, 6) is -0.606. The van der Waals surface area contributed by atoms with E-state index in [1.165, 1.54) is 0 Å². The number of nitrogens with zero attached hydrogens (tertiary/aromatic N) is 2. The van der Waals surface area contributed by atoms with Gasteiger partial charge in [0.05, 0.1) is 21.3 Å². The minimum atomic E-state index is -0.451. The average molecular weight is 439 g/mol. The van der Waals surface area contributed by atoms with E-state index in [-0.39, 0.29) is 23.5 Å². The molecule has 1 unspecified atom stereocenters. The number of anilines is 1. The first-order valence-corrected chi connectivity index (χ1v) is 10.5. The van der Waals surface area contributed by atoms with E-state index in [2.05, 4.69) is 6.07 Å². The van der Waals surface area contributed by atoms with Gasteiger partial charge in [-0.05, 0) is 35.6 Å². The van der Waals surface area contributed by atoms with Gasteiger partial charge in [0, 0.05) is 30.0 Å². The van der Waals surface area contributed by atoms with Crippen LogP contribution in [0.4, 0.5) is 5.69 Å². The summed E-state index contributed by atoms with van der Waals surface area (Å²) in [5.41, 5.74) is 2.57. The van der Waals surface area contributed by atoms with Gasteiger partial charge in [-0.1, -0.05) is 61.3 Å². The van der Waals surface area contributed by atoms with Crippen LogP contribution >= 0.6 is 23.2 Å². The lowest BCUT2D eigenvalue weighted by atomic mass is 9.69. The largest absolute Gasteiger partial charge is 0.294 e. The highest BCUT2D eigenvalue weighted by Gasteiger charge is 2.45. The highest BCUT2D eigenvalue weighted by atomic mass is 35.5. The second-order valence-corrected chi connectivity index (χ2v) is 9.34. The minimum Gasteiger partial charge on any atom is -0.294 e. The molecule has 0 spiro atoms. The number of carbonyl (C=O) groups excluding carboxylic acids is 2. The summed E-state index contributed by atoms with van der Waals surface area (Å²) in [7, 11) is 0. The van der Waals surface area contributed by atoms with Gasteiger partial charge >= 0.3 is 0 Å². The van der Waals surface area contributed by atoms with Crippen molar-refractivity contribution in [2.45, 2.75) is 39.0 Å². The van der Waals surface area contributed by atoms with Crippen molar-refractivity contribution >= 4 is 40.6 Å². The van der Waals surface area contributed by atoms with Gasteiger partial charge in [0.2, 0.25) is 5.91 Å². The molecule has 1 aliphatic carbocycles. The van der Waals surface area contributed by atoms with Gasteiger partial charge in [-0.25, -0.2) is 0 Å². The Kier molecular flexibility index (Phi) is 5.22. The van der Waals surface area contributed by atoms with E-state index in [4.69, 9.17) is 23.2 Å². The van der Waals surface area contributed by atoms with Gasteiger partial charge in [-0.2, -0.15) is 5.26 Å². The number of para-hydroxylation sites is 1. The Morgan fingerprint density at radius 3 is 2.53 bits per heavy atom. The zero-order chi connectivity index (χ0) is 21.6. The molecule has 0 N–H and O–H groups in total. The molecule has 1 amide bonds. The molecule has 2 aromatic carbocycles. The van der Waals surface area contributed by atoms with Crippen LogP contribution < -0.4 is 4.90 Å². The van der Waals surface area contributed by atoms with E-state index in [0.29, 0.717) is 51.0 Å². The molecule has 0 saturated heterocycles. The predicted octanol–water partition coefficient (Wildman–Crippen LogP) is 6.03. The van der Waals surface area contributed by atoms with Gasteiger partial charge in [0.25, 0.3) is 0 Å². The number of halogens is 2. The van der Waals surface area contributed by atoms with E-state index < -0.39 is 5.92 Å². The molecule has 1 heterocycles. The number of Topliss-reactive ketones (excluding diaryl/α,β-unsaturated/α-hetero) is 1. The summed E-state index contributed by atoms with van der Waals surface area (Å²) < 4.78 is 0. The van der Waals surface area contributed by atoms with Crippen molar-refractivity contribution in [1.82, 2.24) is 0 Å². The molecule has 0 bridgehead atoms. The van der Waals surface area contributed by atoms with Crippen LogP contribution in [0.25, 0.3) is 0 Å². The number of hydrogen-bond donors (Lipinski definition) is 0. The summed E-state index contributed by atoms with van der Waals surface area (Å²) in [4.78, 5) is 28.3. The summed E-state index contributed by atoms with van der Waals surface area (Å²) in [5, 5.41) is 10.3. The van der Waals surface area contributed by atoms with Crippen LogP contribution in [0.1, 0.15) is 50.2 Å². The Hall–Kier alpha value is -2.61. The molecule has 2 aliphatic rings. The van der Waals surface area contributed by atoms with Gasteiger partial charge in [-0.3, -0.25) is 14.5 Å². The second kappa shape index (κ2) is 7.58. The number of ketones is 1. The number of rotatable bonds is 2. The van der Waals surface area contributed by atoms with Crippen LogP contribution in [-0.2, 0) is 9.59 Å². The first kappa shape index (κ1) is 20.7. The van der Waals surface area contributed by atoms with Gasteiger partial charge in [0.1, 0.15) is 6.07 Å². The number of allylic oxidation sites excluding steroid dienone is 2. The normalized spacial score (nSPS) is 20.8. The molecule has 1 aliphatic heterocycles. The minimum absolute atomic E-state index is 0.00855. The topological polar surface area (TPSA) is 61.2 Å². The van der Waals surface area contributed by atoms with Crippen LogP contribution in [0.2, 0.25) is 10.0 Å². The Bertz CT molecular complexity index is 1140. The molecule has 0 aromatic heterocycles. The molecule has 152 valence electrons. The fourth-order valence-corrected chi connectivity index (χ4v) is 4.95. The van der Waals surface area contributed by atoms with Crippen LogP contribution in [0.3, 0.4) is 0 Å². The molecule has 0 fully saturated rings. The number of hydrogen-bond acceptors (Lipinski definition) is 3. The first-order chi connectivity index (χ1) is 14.2. The summed E-state index contributed by atoms with van der Waals surface area (Å²) in [6, 6.07) is 14.4. The quantitative estimate of drug-likeness (QED) is 0.574. The third-order valence-corrected chi connectivity index (χ3v) is 6.60. The van der Waals surface area contributed by atoms with E-state index in [0.717, 1.165) is 0 Å². The lowest BCUT2D eigenvalue weighted by Crippen LogP contribution is -2.44. The van der Waals surface area contributed by atoms with Crippen LogP contribution in [0.15, 0.2) is 53.7 Å². The van der Waals surface area contributed by atoms with Crippen molar-refractivity contribution in [3.8, 4) is 6.07 Å². The monoisotopic (exact) mass is 438 g/mol. The smallest absolute Gasteiger partial charge is 0.232 e. The van der Waals surface area contributed by atoms with Crippen LogP contribution in [-0.4, -0.2) is 11.7 Å². The third-order valence-electron chi connectivity index (χ3n) is 5.77. The molecule has 30 heavy (non-hydrogen) atoms. The standard InChI is InChI=1S/C24H20Cl2N2O2/c1-24(2)11-19-22(20(29)12-24)16(15-7-5-8-17(25)23(15)26)10-21(30)28(19)18-9-4-3-6-14(18)13-27/h3-9,16H,10-12H2,1-2H3. The highest BCUT2D eigenvalue weighted by Crippen LogP contribution is 2.50. The molecule has 1 atom stereocenters. The van der Waals surface area contributed by atoms with E-state index in [1.807, 2.05) is 19.9 Å². The Morgan fingerprint density at radius 1 is 1.07 bits per heavy atom. The maximum atomic E-state index is 13.4. The van der Waals surface area contributed by atoms with Crippen molar-refractivity contribution in [2.24, 2.45) is 5.41 Å². The molecule has 6 heteroatoms. The molecular formula is C24H20Cl2N2O2. The zero-order valence-electron chi connectivity index (χ0n) is 16.7. The summed E-state index contributed by atoms with van der Waals surface area (Å²) >= 11 is 12.7. The molecule has 4 rings (SSSR count). The van der Waals surface area contributed by atoms with Crippen molar-refractivity contribution in [3.63, 3.8) is 0 Å². The van der Waals surface area contributed by atoms with E-state index >= 15 is 0 Å². The second-order valence-electron chi connectivity index (χ2n) is 8.56. The molecule has 4 nitrogen and oxygen atoms in total. The van der Waals surface area contributed by atoms with Crippen molar-refractivity contribution < 1.29 is 9.59 Å². The maximum Gasteiger partial charge on any atom is 0.232 e. The van der Waals surface area contributed by atoms with Gasteiger partial charge in [-0.15, -0.1) is 0 Å². The van der Waals surface area contributed by atoms with E-state index in [9.17, 15) is 14.9 Å². The van der Waals surface area contributed by atoms with Gasteiger partial charge in [0.15, 0.2) is 5.78 Å². The van der Waals surface area contributed by atoms with Crippen molar-refractivity contribution in [2.75, 3.05) is 4.90 Å². The lowest BCUT2D eigenvalue weighted by molar-refractivity contribution is -0.121.